The Balaban J connectivity index is 1.78. The Morgan fingerprint density at radius 1 is 1.00 bits per heavy atom. The fraction of sp³-hybridized carbons (Fsp3) is 0.185. The third-order valence-corrected chi connectivity index (χ3v) is 7.95. The third kappa shape index (κ3) is 4.57. The lowest BCUT2D eigenvalue weighted by molar-refractivity contribution is -0.138. The molecule has 2 unspecified atom stereocenters. The molecule has 2 atom stereocenters. The van der Waals surface area contributed by atoms with Gasteiger partial charge in [0.2, 0.25) is 0 Å². The molecule has 2 N–H and O–H groups in total. The Kier molecular flexibility index (Phi) is 6.97. The number of nitrogens with zero attached hydrogens (tertiary/aromatic N) is 2. The van der Waals surface area contributed by atoms with Crippen LogP contribution in [-0.4, -0.2) is 14.9 Å². The van der Waals surface area contributed by atoms with E-state index in [0.29, 0.717) is 11.1 Å². The van der Waals surface area contributed by atoms with Crippen molar-refractivity contribution in [1.82, 2.24) is 9.13 Å². The first kappa shape index (κ1) is 26.3. The molecule has 38 heavy (non-hydrogen) atoms. The van der Waals surface area contributed by atoms with Crippen LogP contribution in [0.15, 0.2) is 87.4 Å². The summed E-state index contributed by atoms with van der Waals surface area (Å²) < 4.78 is 58.7. The van der Waals surface area contributed by atoms with E-state index in [0.717, 1.165) is 39.1 Å². The van der Waals surface area contributed by atoms with E-state index >= 15 is 4.39 Å². The minimum absolute atomic E-state index is 0.0489. The van der Waals surface area contributed by atoms with E-state index in [-0.39, 0.29) is 27.9 Å². The molecule has 11 heteroatoms. The lowest BCUT2D eigenvalue weighted by Gasteiger charge is -2.23. The van der Waals surface area contributed by atoms with Crippen molar-refractivity contribution >= 4 is 23.4 Å². The molecule has 4 aromatic rings. The predicted molar refractivity (Wildman–Crippen MR) is 139 cm³/mol. The van der Waals surface area contributed by atoms with Crippen LogP contribution in [-0.2, 0) is 12.7 Å². The fourth-order valence-electron chi connectivity index (χ4n) is 4.69. The van der Waals surface area contributed by atoms with E-state index in [1.54, 1.807) is 54.6 Å². The van der Waals surface area contributed by atoms with Crippen molar-refractivity contribution in [2.45, 2.75) is 29.8 Å². The second-order valence-corrected chi connectivity index (χ2v) is 10.2. The summed E-state index contributed by atoms with van der Waals surface area (Å²) in [7, 11) is 0. The minimum atomic E-state index is -4.86. The van der Waals surface area contributed by atoms with Gasteiger partial charge < -0.3 is 5.73 Å². The first-order valence-corrected chi connectivity index (χ1v) is 12.9. The number of alkyl halides is 3. The molecule has 1 aliphatic heterocycles. The number of rotatable bonds is 5. The standard InChI is InChI=1S/C27H20ClF4N3O2S/c28-18-11-5-4-9-16(18)22-24(36)34(13-20(33)15-7-2-1-3-8-15)26(37)35-21(14-38-25(22)35)23-17(27(30,31)32)10-6-12-19(23)29/h1-12,20-21H,13-14,33H2. The van der Waals surface area contributed by atoms with Gasteiger partial charge in [-0.1, -0.05) is 66.2 Å². The van der Waals surface area contributed by atoms with Gasteiger partial charge in [0.15, 0.2) is 0 Å². The Labute approximate surface area is 223 Å². The summed E-state index contributed by atoms with van der Waals surface area (Å²) in [6, 6.07) is 15.8. The molecule has 0 spiro atoms. The molecule has 0 saturated carbocycles. The number of fused-ring (bicyclic) bond motifs is 1. The van der Waals surface area contributed by atoms with Crippen molar-refractivity contribution in [2.75, 3.05) is 5.75 Å². The Bertz CT molecular complexity index is 1640. The molecule has 5 nitrogen and oxygen atoms in total. The van der Waals surface area contributed by atoms with Gasteiger partial charge in [-0.3, -0.25) is 13.9 Å². The topological polar surface area (TPSA) is 70.0 Å². The van der Waals surface area contributed by atoms with Crippen molar-refractivity contribution in [2.24, 2.45) is 5.73 Å². The number of thioether (sulfide) groups is 1. The second kappa shape index (κ2) is 10.1. The number of hydrogen-bond donors (Lipinski definition) is 1. The van der Waals surface area contributed by atoms with Crippen LogP contribution in [0.4, 0.5) is 17.6 Å². The number of halogens is 5. The Morgan fingerprint density at radius 2 is 1.68 bits per heavy atom. The maximum atomic E-state index is 15.0. The molecule has 0 fully saturated rings. The summed E-state index contributed by atoms with van der Waals surface area (Å²) in [6.45, 7) is -0.250. The smallest absolute Gasteiger partial charge is 0.322 e. The lowest BCUT2D eigenvalue weighted by Crippen LogP contribution is -2.44. The van der Waals surface area contributed by atoms with Gasteiger partial charge in [-0.2, -0.15) is 13.2 Å². The normalized spacial score (nSPS) is 15.9. The molecule has 0 radical (unpaired) electrons. The van der Waals surface area contributed by atoms with Crippen molar-refractivity contribution in [3.05, 3.63) is 121 Å². The maximum absolute atomic E-state index is 15.0. The van der Waals surface area contributed by atoms with Crippen LogP contribution >= 0.6 is 23.4 Å². The zero-order valence-electron chi connectivity index (χ0n) is 19.6. The first-order valence-electron chi connectivity index (χ1n) is 11.5. The van der Waals surface area contributed by atoms with E-state index in [2.05, 4.69) is 0 Å². The number of benzene rings is 3. The monoisotopic (exact) mass is 561 g/mol. The van der Waals surface area contributed by atoms with Gasteiger partial charge in [-0.25, -0.2) is 9.18 Å². The van der Waals surface area contributed by atoms with Gasteiger partial charge >= 0.3 is 11.9 Å². The molecule has 2 heterocycles. The van der Waals surface area contributed by atoms with Crippen LogP contribution in [0.25, 0.3) is 11.1 Å². The quantitative estimate of drug-likeness (QED) is 0.244. The SMILES string of the molecule is NC(Cn1c(=O)c(-c2ccccc2Cl)c2n(c1=O)C(c1c(F)cccc1C(F)(F)F)CS2)c1ccccc1. The summed E-state index contributed by atoms with van der Waals surface area (Å²) in [5.74, 6) is -1.19. The average molecular weight is 562 g/mol. The molecular formula is C27H20ClF4N3O2S. The molecule has 196 valence electrons. The van der Waals surface area contributed by atoms with Crippen LogP contribution < -0.4 is 17.0 Å². The molecule has 0 saturated heterocycles. The van der Waals surface area contributed by atoms with E-state index in [1.807, 2.05) is 0 Å². The van der Waals surface area contributed by atoms with Gasteiger partial charge in [0.05, 0.1) is 28.7 Å². The van der Waals surface area contributed by atoms with Crippen LogP contribution in [0.3, 0.4) is 0 Å². The molecule has 3 aromatic carbocycles. The highest BCUT2D eigenvalue weighted by molar-refractivity contribution is 7.99. The van der Waals surface area contributed by atoms with Gasteiger partial charge in [0, 0.05) is 27.9 Å². The first-order chi connectivity index (χ1) is 18.1. The predicted octanol–water partition coefficient (Wildman–Crippen LogP) is 5.88. The number of hydrogen-bond acceptors (Lipinski definition) is 4. The van der Waals surface area contributed by atoms with Crippen LogP contribution in [0.5, 0.6) is 0 Å². The minimum Gasteiger partial charge on any atom is -0.322 e. The van der Waals surface area contributed by atoms with E-state index in [9.17, 15) is 22.8 Å². The third-order valence-electron chi connectivity index (χ3n) is 6.46. The van der Waals surface area contributed by atoms with Crippen LogP contribution in [0.1, 0.15) is 28.8 Å². The van der Waals surface area contributed by atoms with Crippen LogP contribution in [0.2, 0.25) is 5.02 Å². The maximum Gasteiger partial charge on any atom is 0.416 e. The summed E-state index contributed by atoms with van der Waals surface area (Å²) in [5, 5.41) is 0.342. The van der Waals surface area contributed by atoms with Crippen molar-refractivity contribution in [3.8, 4) is 11.1 Å². The molecule has 0 aliphatic carbocycles. The van der Waals surface area contributed by atoms with E-state index in [1.165, 1.54) is 0 Å². The van der Waals surface area contributed by atoms with Gasteiger partial charge in [-0.05, 0) is 23.8 Å². The van der Waals surface area contributed by atoms with Crippen molar-refractivity contribution in [1.29, 1.82) is 0 Å². The Morgan fingerprint density at radius 3 is 2.37 bits per heavy atom. The van der Waals surface area contributed by atoms with E-state index < -0.39 is 46.5 Å². The zero-order valence-corrected chi connectivity index (χ0v) is 21.2. The molecule has 1 aromatic heterocycles. The van der Waals surface area contributed by atoms with Crippen molar-refractivity contribution in [3.63, 3.8) is 0 Å². The molecule has 1 aliphatic rings. The molecule has 0 amide bonds. The second-order valence-electron chi connectivity index (χ2n) is 8.77. The van der Waals surface area contributed by atoms with Gasteiger partial charge in [0.1, 0.15) is 5.82 Å². The highest BCUT2D eigenvalue weighted by atomic mass is 35.5. The highest BCUT2D eigenvalue weighted by Gasteiger charge is 2.41. The summed E-state index contributed by atoms with van der Waals surface area (Å²) in [5.41, 5.74) is 3.95. The summed E-state index contributed by atoms with van der Waals surface area (Å²) >= 11 is 7.42. The highest BCUT2D eigenvalue weighted by Crippen LogP contribution is 2.45. The molecule has 5 rings (SSSR count). The molecule has 0 bridgehead atoms. The number of aromatic nitrogens is 2. The fourth-order valence-corrected chi connectivity index (χ4v) is 6.24. The van der Waals surface area contributed by atoms with E-state index in [4.69, 9.17) is 17.3 Å². The Hall–Kier alpha value is -3.34. The molecular weight excluding hydrogens is 542 g/mol. The summed E-state index contributed by atoms with van der Waals surface area (Å²) in [6.07, 6.45) is -4.86. The van der Waals surface area contributed by atoms with Gasteiger partial charge in [0.25, 0.3) is 5.56 Å². The summed E-state index contributed by atoms with van der Waals surface area (Å²) in [4.78, 5) is 27.6. The lowest BCUT2D eigenvalue weighted by atomic mass is 9.99. The average Bonchev–Trinajstić information content (AvgIpc) is 3.32. The zero-order chi connectivity index (χ0) is 27.2. The van der Waals surface area contributed by atoms with Crippen molar-refractivity contribution < 1.29 is 17.6 Å². The van der Waals surface area contributed by atoms with Gasteiger partial charge in [-0.15, -0.1) is 11.8 Å². The van der Waals surface area contributed by atoms with Crippen LogP contribution in [0, 0.1) is 5.82 Å². The number of nitrogens with two attached hydrogens (primary N) is 1. The largest absolute Gasteiger partial charge is 0.416 e.